The zero-order chi connectivity index (χ0) is 10.8. The minimum Gasteiger partial charge on any atom is -0.325 e. The minimum atomic E-state index is 0.741. The number of hydrogen-bond donors (Lipinski definition) is 1. The van der Waals surface area contributed by atoms with Crippen molar-refractivity contribution >= 4 is 22.8 Å². The Hall–Kier alpha value is -1.43. The Balaban J connectivity index is 2.92. The van der Waals surface area contributed by atoms with Crippen LogP contribution in [0.25, 0.3) is 10.8 Å². The van der Waals surface area contributed by atoms with E-state index < -0.39 is 0 Å². The molecule has 2 heteroatoms. The Bertz CT molecular complexity index is 552. The van der Waals surface area contributed by atoms with E-state index in [-0.39, 0.29) is 0 Å². The monoisotopic (exact) mass is 214 g/mol. The van der Waals surface area contributed by atoms with Crippen LogP contribution in [-0.4, -0.2) is 4.55 Å². The zero-order valence-corrected chi connectivity index (χ0v) is 9.14. The van der Waals surface area contributed by atoms with Crippen LogP contribution in [0.1, 0.15) is 11.1 Å². The number of rotatable bonds is 1. The summed E-state index contributed by atoms with van der Waals surface area (Å²) >= 11 is 0.741. The highest BCUT2D eigenvalue weighted by molar-refractivity contribution is 7.94. The largest absolute Gasteiger partial charge is 0.325 e. The summed E-state index contributed by atoms with van der Waals surface area (Å²) in [5, 5.41) is 2.14. The molecule has 0 spiro atoms. The van der Waals surface area contributed by atoms with E-state index in [9.17, 15) is 4.55 Å². The smallest absolute Gasteiger partial charge is 0.0441 e. The number of terminal acetylenes is 1. The van der Waals surface area contributed by atoms with Crippen molar-refractivity contribution in [1.29, 1.82) is 0 Å². The molecule has 0 bridgehead atoms. The van der Waals surface area contributed by atoms with Crippen LogP contribution in [-0.2, 0) is 0 Å². The highest BCUT2D eigenvalue weighted by Gasteiger charge is 2.07. The maximum Gasteiger partial charge on any atom is 0.0441 e. The van der Waals surface area contributed by atoms with Gasteiger partial charge in [0, 0.05) is 22.5 Å². The van der Waals surface area contributed by atoms with E-state index in [1.54, 1.807) is 0 Å². The summed E-state index contributed by atoms with van der Waals surface area (Å²) in [6.45, 7) is 2.00. The van der Waals surface area contributed by atoms with E-state index in [0.29, 0.717) is 0 Å². The first-order valence-corrected chi connectivity index (χ1v) is 5.35. The zero-order valence-electron chi connectivity index (χ0n) is 8.32. The van der Waals surface area contributed by atoms with Crippen molar-refractivity contribution in [1.82, 2.24) is 0 Å². The van der Waals surface area contributed by atoms with Crippen molar-refractivity contribution < 1.29 is 4.55 Å². The van der Waals surface area contributed by atoms with Crippen LogP contribution in [0.2, 0.25) is 0 Å². The minimum absolute atomic E-state index is 0.741. The average molecular weight is 214 g/mol. The van der Waals surface area contributed by atoms with Crippen molar-refractivity contribution in [3.05, 3.63) is 41.5 Å². The molecule has 0 unspecified atom stereocenters. The Morgan fingerprint density at radius 2 is 1.93 bits per heavy atom. The van der Waals surface area contributed by atoms with Crippen LogP contribution in [0.5, 0.6) is 0 Å². The van der Waals surface area contributed by atoms with Gasteiger partial charge in [0.2, 0.25) is 0 Å². The van der Waals surface area contributed by atoms with Gasteiger partial charge in [-0.1, -0.05) is 30.2 Å². The van der Waals surface area contributed by atoms with Gasteiger partial charge in [0.1, 0.15) is 0 Å². The lowest BCUT2D eigenvalue weighted by Crippen LogP contribution is -1.87. The SMILES string of the molecule is C#Cc1cc(SO)c2ccccc2c1C. The summed E-state index contributed by atoms with van der Waals surface area (Å²) in [7, 11) is 0. The van der Waals surface area contributed by atoms with Crippen LogP contribution >= 0.6 is 12.0 Å². The van der Waals surface area contributed by atoms with E-state index in [2.05, 4.69) is 5.92 Å². The molecule has 0 aliphatic carbocycles. The number of fused-ring (bicyclic) bond motifs is 1. The molecule has 2 aromatic carbocycles. The molecule has 2 rings (SSSR count). The van der Waals surface area contributed by atoms with Crippen molar-refractivity contribution in [2.45, 2.75) is 11.8 Å². The standard InChI is InChI=1S/C13H10OS/c1-3-10-8-13(15-14)12-7-5-4-6-11(12)9(10)2/h1,4-8,14H,2H3. The van der Waals surface area contributed by atoms with Crippen LogP contribution < -0.4 is 0 Å². The Morgan fingerprint density at radius 1 is 1.27 bits per heavy atom. The first kappa shape index (κ1) is 10.1. The molecule has 0 radical (unpaired) electrons. The Morgan fingerprint density at radius 3 is 2.53 bits per heavy atom. The molecule has 0 saturated heterocycles. The van der Waals surface area contributed by atoms with Crippen LogP contribution in [0.4, 0.5) is 0 Å². The summed E-state index contributed by atoms with van der Waals surface area (Å²) in [6, 6.07) is 9.78. The van der Waals surface area contributed by atoms with Gasteiger partial charge < -0.3 is 4.55 Å². The molecule has 0 fully saturated rings. The van der Waals surface area contributed by atoms with Gasteiger partial charge >= 0.3 is 0 Å². The summed E-state index contributed by atoms with van der Waals surface area (Å²) in [6.07, 6.45) is 5.42. The molecule has 15 heavy (non-hydrogen) atoms. The normalized spacial score (nSPS) is 10.2. The van der Waals surface area contributed by atoms with Gasteiger partial charge in [-0.15, -0.1) is 6.42 Å². The Labute approximate surface area is 93.3 Å². The van der Waals surface area contributed by atoms with Gasteiger partial charge in [0.05, 0.1) is 0 Å². The van der Waals surface area contributed by atoms with Crippen LogP contribution in [0, 0.1) is 19.3 Å². The molecule has 0 heterocycles. The molecule has 74 valence electrons. The molecular formula is C13H10OS. The van der Waals surface area contributed by atoms with Gasteiger partial charge in [-0.25, -0.2) is 0 Å². The molecule has 0 saturated carbocycles. The Kier molecular flexibility index (Phi) is 2.68. The third kappa shape index (κ3) is 1.61. The maximum atomic E-state index is 9.19. The van der Waals surface area contributed by atoms with E-state index >= 15 is 0 Å². The second-order valence-corrected chi connectivity index (χ2v) is 3.95. The summed E-state index contributed by atoms with van der Waals surface area (Å²) < 4.78 is 9.19. The first-order valence-electron chi connectivity index (χ1n) is 4.58. The van der Waals surface area contributed by atoms with Gasteiger partial charge in [-0.05, 0) is 29.3 Å². The first-order chi connectivity index (χ1) is 7.27. The highest BCUT2D eigenvalue weighted by atomic mass is 32.2. The number of hydrogen-bond acceptors (Lipinski definition) is 2. The number of aryl methyl sites for hydroxylation is 1. The molecule has 0 aliphatic heterocycles. The van der Waals surface area contributed by atoms with E-state index in [4.69, 9.17) is 6.42 Å². The molecule has 0 amide bonds. The predicted octanol–water partition coefficient (Wildman–Crippen LogP) is 3.69. The molecule has 1 N–H and O–H groups in total. The highest BCUT2D eigenvalue weighted by Crippen LogP contribution is 2.30. The quantitative estimate of drug-likeness (QED) is 0.577. The molecule has 1 nitrogen and oxygen atoms in total. The van der Waals surface area contributed by atoms with Crippen LogP contribution in [0.15, 0.2) is 35.2 Å². The average Bonchev–Trinajstić information content (AvgIpc) is 2.30. The fraction of sp³-hybridized carbons (Fsp3) is 0.0769. The second kappa shape index (κ2) is 3.98. The second-order valence-electron chi connectivity index (χ2n) is 3.33. The molecule has 0 aliphatic rings. The van der Waals surface area contributed by atoms with Crippen molar-refractivity contribution in [2.24, 2.45) is 0 Å². The van der Waals surface area contributed by atoms with Crippen molar-refractivity contribution in [3.8, 4) is 12.3 Å². The summed E-state index contributed by atoms with van der Waals surface area (Å²) in [4.78, 5) is 0.809. The third-order valence-corrected chi connectivity index (χ3v) is 3.06. The lowest BCUT2D eigenvalue weighted by atomic mass is 10.0. The van der Waals surface area contributed by atoms with Gasteiger partial charge in [0.15, 0.2) is 0 Å². The lowest BCUT2D eigenvalue weighted by molar-refractivity contribution is 0.664. The number of benzene rings is 2. The van der Waals surface area contributed by atoms with Gasteiger partial charge in [-0.3, -0.25) is 0 Å². The van der Waals surface area contributed by atoms with E-state index in [1.807, 2.05) is 37.3 Å². The lowest BCUT2D eigenvalue weighted by Gasteiger charge is -2.08. The topological polar surface area (TPSA) is 20.2 Å². The third-order valence-electron chi connectivity index (χ3n) is 2.53. The van der Waals surface area contributed by atoms with E-state index in [0.717, 1.165) is 38.8 Å². The van der Waals surface area contributed by atoms with Crippen molar-refractivity contribution in [2.75, 3.05) is 0 Å². The van der Waals surface area contributed by atoms with Crippen molar-refractivity contribution in [3.63, 3.8) is 0 Å². The van der Waals surface area contributed by atoms with Crippen LogP contribution in [0.3, 0.4) is 0 Å². The van der Waals surface area contributed by atoms with E-state index in [1.165, 1.54) is 0 Å². The summed E-state index contributed by atoms with van der Waals surface area (Å²) in [5.41, 5.74) is 1.93. The molecule has 0 atom stereocenters. The van der Waals surface area contributed by atoms with Gasteiger partial charge in [-0.2, -0.15) is 0 Å². The maximum absolute atomic E-state index is 9.19. The molecule has 0 aromatic heterocycles. The predicted molar refractivity (Wildman–Crippen MR) is 65.1 cm³/mol. The fourth-order valence-corrected chi connectivity index (χ4v) is 2.16. The summed E-state index contributed by atoms with van der Waals surface area (Å²) in [5.74, 6) is 2.64. The van der Waals surface area contributed by atoms with Gasteiger partial charge in [0.25, 0.3) is 0 Å². The fourth-order valence-electron chi connectivity index (χ4n) is 1.71. The molecule has 2 aromatic rings. The molecular weight excluding hydrogens is 204 g/mol.